The van der Waals surface area contributed by atoms with Crippen LogP contribution in [0, 0.1) is 34.6 Å². The van der Waals surface area contributed by atoms with Gasteiger partial charge in [-0.2, -0.15) is 11.4 Å². The van der Waals surface area contributed by atoms with Crippen LogP contribution in [0.3, 0.4) is 0 Å². The van der Waals surface area contributed by atoms with E-state index in [4.69, 9.17) is 4.98 Å². The van der Waals surface area contributed by atoms with Crippen molar-refractivity contribution < 1.29 is 39.9 Å². The molecule has 0 spiro atoms. The van der Waals surface area contributed by atoms with E-state index in [1.54, 1.807) is 0 Å². The Balaban J connectivity index is 0. The number of aryl methyl sites for hydroxylation is 3. The van der Waals surface area contributed by atoms with Crippen LogP contribution in [-0.4, -0.2) is 57.2 Å². The summed E-state index contributed by atoms with van der Waals surface area (Å²) >= 11 is 0. The van der Waals surface area contributed by atoms with Crippen LogP contribution >= 0.6 is 0 Å². The fourth-order valence-electron chi connectivity index (χ4n) is 2.98. The SMILES string of the molecule is C[CH-]CN1CCN(c2nc(C)n3nc(C)nc3c2C)CC1.[CH3-].[Re].[Rf].[Rh]. The summed E-state index contributed by atoms with van der Waals surface area (Å²) in [6.45, 7) is 13.4. The first-order valence-electron chi connectivity index (χ1n) is 7.56. The Bertz CT molecular complexity index is 658. The maximum Gasteiger partial charge on any atom is 0.164 e. The van der Waals surface area contributed by atoms with Gasteiger partial charge in [0.05, 0.1) is 0 Å². The molecule has 25 heavy (non-hydrogen) atoms. The van der Waals surface area contributed by atoms with Crippen LogP contribution in [0.4, 0.5) is 5.82 Å². The summed E-state index contributed by atoms with van der Waals surface area (Å²) in [5.74, 6) is 2.76. The first-order valence-corrected chi connectivity index (χ1v) is 7.56. The number of hydrogen-bond donors (Lipinski definition) is 0. The topological polar surface area (TPSA) is 49.6 Å². The maximum atomic E-state index is 4.77. The number of anilines is 1. The molecule has 1 saturated heterocycles. The van der Waals surface area contributed by atoms with Gasteiger partial charge in [0.15, 0.2) is 5.65 Å². The van der Waals surface area contributed by atoms with E-state index in [0.29, 0.717) is 0 Å². The maximum absolute atomic E-state index is 4.77. The zero-order chi connectivity index (χ0) is 15.0. The molecule has 0 atom stereocenters. The van der Waals surface area contributed by atoms with Crippen molar-refractivity contribution in [3.8, 4) is 0 Å². The molecule has 3 heterocycles. The Morgan fingerprint density at radius 1 is 1.04 bits per heavy atom. The van der Waals surface area contributed by atoms with Gasteiger partial charge < -0.3 is 23.6 Å². The number of fused-ring (bicyclic) bond motifs is 1. The fraction of sp³-hybridized carbons (Fsp3) is 0.562. The van der Waals surface area contributed by atoms with E-state index < -0.39 is 0 Å². The molecular weight excluding hydrogens is 832 g/mol. The molecule has 6 nitrogen and oxygen atoms in total. The molecule has 0 saturated carbocycles. The summed E-state index contributed by atoms with van der Waals surface area (Å²) in [5.41, 5.74) is 2.05. The van der Waals surface area contributed by atoms with E-state index in [2.05, 4.69) is 40.2 Å². The molecule has 1 aliphatic heterocycles. The van der Waals surface area contributed by atoms with Gasteiger partial charge in [0.25, 0.3) is 0 Å². The third-order valence-electron chi connectivity index (χ3n) is 4.07. The second-order valence-corrected chi connectivity index (χ2v) is 5.70. The number of aromatic nitrogens is 4. The van der Waals surface area contributed by atoms with Gasteiger partial charge in [0, 0.05) is 71.6 Å². The number of piperazine rings is 1. The molecule has 9 heteroatoms. The molecule has 140 valence electrons. The monoisotopic (exact) mass is 859 g/mol. The minimum absolute atomic E-state index is 0. The third kappa shape index (κ3) is 5.04. The largest absolute Gasteiger partial charge is 0.358 e. The molecule has 1 aliphatic rings. The van der Waals surface area contributed by atoms with E-state index >= 15 is 0 Å². The summed E-state index contributed by atoms with van der Waals surface area (Å²) in [7, 11) is 0. The Morgan fingerprint density at radius 2 is 1.64 bits per heavy atom. The summed E-state index contributed by atoms with van der Waals surface area (Å²) in [4.78, 5) is 14.2. The first kappa shape index (κ1) is 25.8. The van der Waals surface area contributed by atoms with Gasteiger partial charge in [-0.3, -0.25) is 0 Å². The summed E-state index contributed by atoms with van der Waals surface area (Å²) in [5, 5.41) is 4.41. The van der Waals surface area contributed by atoms with E-state index in [0.717, 1.165) is 61.4 Å². The first-order chi connectivity index (χ1) is 10.1. The molecule has 2 aromatic heterocycles. The summed E-state index contributed by atoms with van der Waals surface area (Å²) < 4.78 is 1.84. The molecule has 0 amide bonds. The Labute approximate surface area is 171 Å². The minimum atomic E-state index is 0. The van der Waals surface area contributed by atoms with E-state index in [9.17, 15) is 0 Å². The van der Waals surface area contributed by atoms with Gasteiger partial charge in [0.1, 0.15) is 17.5 Å². The molecular formula is C16H26N6ReRfRh-2. The van der Waals surface area contributed by atoms with Crippen LogP contribution in [0.1, 0.15) is 24.1 Å². The third-order valence-corrected chi connectivity index (χ3v) is 4.07. The molecule has 1 fully saturated rings. The van der Waals surface area contributed by atoms with Crippen LogP contribution in [0.25, 0.3) is 5.65 Å². The van der Waals surface area contributed by atoms with E-state index in [1.807, 2.05) is 18.4 Å². The summed E-state index contributed by atoms with van der Waals surface area (Å²) in [6, 6.07) is 0. The normalized spacial score (nSPS) is 14.2. The molecule has 3 rings (SSSR count). The van der Waals surface area contributed by atoms with Crippen molar-refractivity contribution in [2.45, 2.75) is 27.7 Å². The van der Waals surface area contributed by atoms with Gasteiger partial charge in [-0.05, 0) is 20.8 Å². The quantitative estimate of drug-likeness (QED) is 0.349. The average molecular weight is 859 g/mol. The fourth-order valence-corrected chi connectivity index (χ4v) is 2.98. The minimum Gasteiger partial charge on any atom is -0.358 e. The predicted octanol–water partition coefficient (Wildman–Crippen LogP) is 1.84. The zero-order valence-electron chi connectivity index (χ0n) is 15.7. The second kappa shape index (κ2) is 10.6. The Hall–Kier alpha value is -1.40. The number of rotatable bonds is 3. The molecule has 0 unspecified atom stereocenters. The van der Waals surface area contributed by atoms with Crippen molar-refractivity contribution in [3.05, 3.63) is 31.1 Å². The van der Waals surface area contributed by atoms with Crippen LogP contribution in [0.5, 0.6) is 0 Å². The Morgan fingerprint density at radius 3 is 2.20 bits per heavy atom. The number of nitrogens with zero attached hydrogens (tertiary/aromatic N) is 6. The van der Waals surface area contributed by atoms with Gasteiger partial charge in [0.2, 0.25) is 0 Å². The van der Waals surface area contributed by atoms with E-state index in [-0.39, 0.29) is 47.3 Å². The van der Waals surface area contributed by atoms with Crippen molar-refractivity contribution in [2.75, 3.05) is 37.6 Å². The van der Waals surface area contributed by atoms with Gasteiger partial charge in [-0.25, -0.2) is 9.97 Å². The van der Waals surface area contributed by atoms with Crippen molar-refractivity contribution in [3.63, 3.8) is 0 Å². The summed E-state index contributed by atoms with van der Waals surface area (Å²) in [6.07, 6.45) is 2.22. The van der Waals surface area contributed by atoms with Gasteiger partial charge in [-0.15, -0.1) is 11.6 Å². The molecule has 0 aromatic carbocycles. The van der Waals surface area contributed by atoms with Crippen LogP contribution in [0.15, 0.2) is 0 Å². The van der Waals surface area contributed by atoms with Gasteiger partial charge in [-0.1, -0.05) is 0 Å². The molecule has 2 radical (unpaired) electrons. The smallest absolute Gasteiger partial charge is 0.164 e. The number of hydrogen-bond acceptors (Lipinski definition) is 5. The average Bonchev–Trinajstić information content (AvgIpc) is 2.87. The molecule has 2 aromatic rings. The second-order valence-electron chi connectivity index (χ2n) is 5.70. The van der Waals surface area contributed by atoms with Gasteiger partial charge >= 0.3 is 0 Å². The van der Waals surface area contributed by atoms with Crippen molar-refractivity contribution >= 4 is 11.5 Å². The van der Waals surface area contributed by atoms with Crippen molar-refractivity contribution in [1.82, 2.24) is 24.5 Å². The van der Waals surface area contributed by atoms with Crippen molar-refractivity contribution in [1.29, 1.82) is 0 Å². The molecule has 0 bridgehead atoms. The molecule has 0 N–H and O–H groups in total. The standard InChI is InChI=1S/C15H23N6.CH3.Re.Rf.Rh/c1-5-6-19-7-9-20(10-8-19)14-11(2)15-16-12(3)18-21(15)13(4)17-14;;;;/h5H,6-10H2,1-4H3;1H3;;;/q2*-1;;;. The van der Waals surface area contributed by atoms with Crippen LogP contribution in [-0.2, 0) is 39.9 Å². The zero-order valence-corrected chi connectivity index (χ0v) is 26.5. The van der Waals surface area contributed by atoms with Crippen LogP contribution < -0.4 is 4.90 Å². The van der Waals surface area contributed by atoms with E-state index in [1.165, 1.54) is 0 Å². The van der Waals surface area contributed by atoms with Crippen LogP contribution in [0.2, 0.25) is 0 Å². The Kier molecular flexibility index (Phi) is 10.9. The molecule has 0 aliphatic carbocycles. The van der Waals surface area contributed by atoms with Crippen molar-refractivity contribution in [2.24, 2.45) is 0 Å². The predicted molar refractivity (Wildman–Crippen MR) is 90.0 cm³/mol.